The van der Waals surface area contributed by atoms with Crippen LogP contribution in [0.5, 0.6) is 0 Å². The summed E-state index contributed by atoms with van der Waals surface area (Å²) in [5.74, 6) is 0. The second-order valence-electron chi connectivity index (χ2n) is 6.35. The molecule has 27 heavy (non-hydrogen) atoms. The molecule has 0 atom stereocenters. The maximum absolute atomic E-state index is 6.23. The van der Waals surface area contributed by atoms with Crippen molar-refractivity contribution in [1.29, 1.82) is 0 Å². The van der Waals surface area contributed by atoms with E-state index in [0.717, 1.165) is 46.1 Å². The van der Waals surface area contributed by atoms with E-state index in [0.29, 0.717) is 15.2 Å². The molecule has 2 aromatic carbocycles. The van der Waals surface area contributed by atoms with Gasteiger partial charge in [0.2, 0.25) is 0 Å². The highest BCUT2D eigenvalue weighted by Crippen LogP contribution is 2.34. The van der Waals surface area contributed by atoms with E-state index in [1.54, 1.807) is 12.3 Å². The quantitative estimate of drug-likeness (QED) is 0.338. The Hall–Kier alpha value is -1.98. The normalized spacial score (nSPS) is 11.4. The first-order valence-electron chi connectivity index (χ1n) is 8.51. The summed E-state index contributed by atoms with van der Waals surface area (Å²) in [6, 6.07) is 11.9. The Morgan fingerprint density at radius 1 is 1.00 bits per heavy atom. The van der Waals surface area contributed by atoms with Crippen molar-refractivity contribution in [2.45, 2.75) is 6.42 Å². The maximum Gasteiger partial charge on any atom is 0.147 e. The van der Waals surface area contributed by atoms with Gasteiger partial charge in [0.1, 0.15) is 5.15 Å². The fourth-order valence-electron chi connectivity index (χ4n) is 3.23. The van der Waals surface area contributed by atoms with Crippen molar-refractivity contribution in [2.24, 2.45) is 0 Å². The van der Waals surface area contributed by atoms with Crippen molar-refractivity contribution in [3.63, 3.8) is 0 Å². The molecule has 0 radical (unpaired) electrons. The Labute approximate surface area is 171 Å². The molecular formula is C20H17Cl3N4. The number of halogens is 3. The summed E-state index contributed by atoms with van der Waals surface area (Å²) in [6.45, 7) is 0.878. The lowest BCUT2D eigenvalue weighted by atomic mass is 10.0. The first-order chi connectivity index (χ1) is 13.0. The van der Waals surface area contributed by atoms with Gasteiger partial charge in [-0.25, -0.2) is 4.98 Å². The second-order valence-corrected chi connectivity index (χ2v) is 7.55. The SMILES string of the molecule is CNCCc1cc(Nc2cnc(Cl)c(Cl)c2)cc2c1[nH]c1ccc(Cl)cc12. The third-order valence-electron chi connectivity index (χ3n) is 4.48. The van der Waals surface area contributed by atoms with Crippen LogP contribution in [0.1, 0.15) is 5.56 Å². The Balaban J connectivity index is 1.85. The van der Waals surface area contributed by atoms with Gasteiger partial charge in [-0.3, -0.25) is 0 Å². The van der Waals surface area contributed by atoms with Crippen molar-refractivity contribution in [2.75, 3.05) is 18.9 Å². The number of anilines is 2. The average Bonchev–Trinajstić information content (AvgIpc) is 3.01. The summed E-state index contributed by atoms with van der Waals surface area (Å²) in [7, 11) is 1.95. The standard InChI is InChI=1S/C20H17Cl3N4/c1-24-5-4-11-6-13(26-14-9-17(22)20(23)25-10-14)8-16-15-7-12(21)2-3-18(15)27-19(11)16/h2-3,6-10,24,26-27H,4-5H2,1H3. The van der Waals surface area contributed by atoms with Crippen LogP contribution in [-0.2, 0) is 6.42 Å². The van der Waals surface area contributed by atoms with Gasteiger partial charge in [-0.2, -0.15) is 0 Å². The van der Waals surface area contributed by atoms with Crippen molar-refractivity contribution >= 4 is 68.0 Å². The Kier molecular flexibility index (Phi) is 5.15. The van der Waals surface area contributed by atoms with Crippen LogP contribution in [0.2, 0.25) is 15.2 Å². The minimum absolute atomic E-state index is 0.290. The molecule has 0 saturated heterocycles. The van der Waals surface area contributed by atoms with Crippen LogP contribution in [0.3, 0.4) is 0 Å². The van der Waals surface area contributed by atoms with E-state index in [4.69, 9.17) is 34.8 Å². The summed E-state index contributed by atoms with van der Waals surface area (Å²) < 4.78 is 0. The predicted molar refractivity (Wildman–Crippen MR) is 116 cm³/mol. The van der Waals surface area contributed by atoms with Crippen molar-refractivity contribution in [1.82, 2.24) is 15.3 Å². The van der Waals surface area contributed by atoms with Gasteiger partial charge in [0, 0.05) is 32.5 Å². The van der Waals surface area contributed by atoms with E-state index in [9.17, 15) is 0 Å². The van der Waals surface area contributed by atoms with Gasteiger partial charge in [-0.05, 0) is 62.0 Å². The summed E-state index contributed by atoms with van der Waals surface area (Å²) in [5.41, 5.74) is 5.13. The van der Waals surface area contributed by atoms with E-state index in [-0.39, 0.29) is 0 Å². The molecule has 0 unspecified atom stereocenters. The highest BCUT2D eigenvalue weighted by molar-refractivity contribution is 6.41. The van der Waals surface area contributed by atoms with Gasteiger partial charge >= 0.3 is 0 Å². The maximum atomic E-state index is 6.23. The molecule has 4 aromatic rings. The van der Waals surface area contributed by atoms with Crippen LogP contribution in [0, 0.1) is 0 Å². The number of nitrogens with zero attached hydrogens (tertiary/aromatic N) is 1. The minimum atomic E-state index is 0.290. The number of hydrogen-bond donors (Lipinski definition) is 3. The van der Waals surface area contributed by atoms with Gasteiger partial charge in [0.05, 0.1) is 16.9 Å². The molecule has 0 amide bonds. The van der Waals surface area contributed by atoms with E-state index >= 15 is 0 Å². The third kappa shape index (κ3) is 3.71. The molecule has 0 saturated carbocycles. The first-order valence-corrected chi connectivity index (χ1v) is 9.65. The first kappa shape index (κ1) is 18.4. The molecule has 2 aromatic heterocycles. The monoisotopic (exact) mass is 418 g/mol. The summed E-state index contributed by atoms with van der Waals surface area (Å²) >= 11 is 18.2. The Bertz CT molecular complexity index is 1140. The molecule has 0 fully saturated rings. The Morgan fingerprint density at radius 3 is 2.63 bits per heavy atom. The van der Waals surface area contributed by atoms with Gasteiger partial charge in [-0.1, -0.05) is 34.8 Å². The summed E-state index contributed by atoms with van der Waals surface area (Å²) in [6.07, 6.45) is 2.56. The number of fused-ring (bicyclic) bond motifs is 3. The molecule has 4 nitrogen and oxygen atoms in total. The number of aromatic amines is 1. The van der Waals surface area contributed by atoms with Gasteiger partial charge in [0.15, 0.2) is 0 Å². The molecular weight excluding hydrogens is 403 g/mol. The zero-order chi connectivity index (χ0) is 19.0. The van der Waals surface area contributed by atoms with Crippen LogP contribution in [0.25, 0.3) is 21.8 Å². The zero-order valence-corrected chi connectivity index (χ0v) is 16.8. The third-order valence-corrected chi connectivity index (χ3v) is 5.40. The highest BCUT2D eigenvalue weighted by atomic mass is 35.5. The topological polar surface area (TPSA) is 52.7 Å². The van der Waals surface area contributed by atoms with Crippen LogP contribution >= 0.6 is 34.8 Å². The number of pyridine rings is 1. The van der Waals surface area contributed by atoms with Crippen molar-refractivity contribution < 1.29 is 0 Å². The lowest BCUT2D eigenvalue weighted by Gasteiger charge is -2.11. The second kappa shape index (κ2) is 7.56. The molecule has 0 aliphatic rings. The van der Waals surface area contributed by atoms with Crippen molar-refractivity contribution in [3.05, 3.63) is 63.4 Å². The zero-order valence-electron chi connectivity index (χ0n) is 14.5. The van der Waals surface area contributed by atoms with E-state index in [2.05, 4.69) is 32.7 Å². The molecule has 138 valence electrons. The molecule has 0 bridgehead atoms. The number of rotatable bonds is 5. The molecule has 4 rings (SSSR count). The molecule has 3 N–H and O–H groups in total. The van der Waals surface area contributed by atoms with Crippen LogP contribution in [0.15, 0.2) is 42.6 Å². The summed E-state index contributed by atoms with van der Waals surface area (Å²) in [5, 5.41) is 10.2. The fourth-order valence-corrected chi connectivity index (χ4v) is 3.67. The van der Waals surface area contributed by atoms with E-state index in [1.165, 1.54) is 5.56 Å². The van der Waals surface area contributed by atoms with E-state index in [1.807, 2.05) is 25.2 Å². The van der Waals surface area contributed by atoms with Crippen LogP contribution < -0.4 is 10.6 Å². The molecule has 2 heterocycles. The van der Waals surface area contributed by atoms with E-state index < -0.39 is 0 Å². The van der Waals surface area contributed by atoms with Crippen molar-refractivity contribution in [3.8, 4) is 0 Å². The number of hydrogen-bond acceptors (Lipinski definition) is 3. The molecule has 0 spiro atoms. The van der Waals surface area contributed by atoms with Crippen LogP contribution in [-0.4, -0.2) is 23.6 Å². The lowest BCUT2D eigenvalue weighted by Crippen LogP contribution is -2.10. The lowest BCUT2D eigenvalue weighted by molar-refractivity contribution is 0.794. The largest absolute Gasteiger partial charge is 0.354 e. The van der Waals surface area contributed by atoms with Gasteiger partial charge < -0.3 is 15.6 Å². The number of benzene rings is 2. The smallest absolute Gasteiger partial charge is 0.147 e. The average molecular weight is 420 g/mol. The molecule has 0 aliphatic heterocycles. The van der Waals surface area contributed by atoms with Crippen LogP contribution in [0.4, 0.5) is 11.4 Å². The minimum Gasteiger partial charge on any atom is -0.354 e. The van der Waals surface area contributed by atoms with Gasteiger partial charge in [0.25, 0.3) is 0 Å². The number of nitrogens with one attached hydrogen (secondary N) is 3. The fraction of sp³-hybridized carbons (Fsp3) is 0.150. The number of aromatic nitrogens is 2. The predicted octanol–water partition coefficient (Wildman–Crippen LogP) is 6.18. The van der Waals surface area contributed by atoms with Gasteiger partial charge in [-0.15, -0.1) is 0 Å². The molecule has 0 aliphatic carbocycles. The number of H-pyrrole nitrogens is 1. The highest BCUT2D eigenvalue weighted by Gasteiger charge is 2.12. The Morgan fingerprint density at radius 2 is 1.85 bits per heavy atom. The number of likely N-dealkylation sites (N-methyl/N-ethyl adjacent to an activating group) is 1. The molecule has 7 heteroatoms. The summed E-state index contributed by atoms with van der Waals surface area (Å²) in [4.78, 5) is 7.62.